The maximum Gasteiger partial charge on any atom is 0.225 e. The minimum absolute atomic E-state index is 0.00443. The number of hydrogen-bond acceptors (Lipinski definition) is 3. The summed E-state index contributed by atoms with van der Waals surface area (Å²) >= 11 is 5.85. The second kappa shape index (κ2) is 9.83. The molecule has 27 heavy (non-hydrogen) atoms. The van der Waals surface area contributed by atoms with Crippen LogP contribution in [0.1, 0.15) is 18.4 Å². The van der Waals surface area contributed by atoms with E-state index in [0.717, 1.165) is 50.4 Å². The molecule has 0 atom stereocenters. The van der Waals surface area contributed by atoms with Crippen molar-refractivity contribution in [2.24, 2.45) is 0 Å². The predicted octanol–water partition coefficient (Wildman–Crippen LogP) is 4.02. The van der Waals surface area contributed by atoms with Crippen LogP contribution >= 0.6 is 11.6 Å². The van der Waals surface area contributed by atoms with Gasteiger partial charge in [0, 0.05) is 48.9 Å². The molecule has 1 aliphatic heterocycles. The largest absolute Gasteiger partial charge is 0.326 e. The molecule has 2 aromatic carbocycles. The van der Waals surface area contributed by atoms with Crippen LogP contribution in [0.2, 0.25) is 5.02 Å². The summed E-state index contributed by atoms with van der Waals surface area (Å²) in [4.78, 5) is 16.7. The van der Waals surface area contributed by atoms with Gasteiger partial charge in [-0.15, -0.1) is 0 Å². The zero-order valence-electron chi connectivity index (χ0n) is 15.3. The number of rotatable bonds is 6. The molecule has 1 aliphatic rings. The smallest absolute Gasteiger partial charge is 0.225 e. The molecule has 0 saturated carbocycles. The molecule has 0 unspecified atom stereocenters. The van der Waals surface area contributed by atoms with Gasteiger partial charge in [0.15, 0.2) is 0 Å². The first-order valence-electron chi connectivity index (χ1n) is 9.34. The third-order valence-corrected chi connectivity index (χ3v) is 5.07. The Hall–Kier alpha value is -1.95. The molecule has 4 nitrogen and oxygen atoms in total. The number of carbonyl (C=O) groups is 1. The van der Waals surface area contributed by atoms with E-state index >= 15 is 0 Å². The lowest BCUT2D eigenvalue weighted by molar-refractivity contribution is -0.116. The van der Waals surface area contributed by atoms with E-state index in [1.54, 1.807) is 30.3 Å². The Morgan fingerprint density at radius 3 is 2.48 bits per heavy atom. The van der Waals surface area contributed by atoms with Crippen molar-refractivity contribution >= 4 is 23.2 Å². The van der Waals surface area contributed by atoms with E-state index in [0.29, 0.717) is 18.0 Å². The van der Waals surface area contributed by atoms with Crippen LogP contribution in [-0.4, -0.2) is 48.4 Å². The standard InChI is InChI=1S/C21H25ClFN3O/c22-18-6-8-19(9-7-18)24-21(27)10-13-25-11-3-12-26(15-14-25)16-17-4-1-2-5-20(17)23/h1-2,4-9H,3,10-16H2,(H,24,27). The topological polar surface area (TPSA) is 35.6 Å². The summed E-state index contributed by atoms with van der Waals surface area (Å²) in [5.74, 6) is -0.137. The average molecular weight is 390 g/mol. The van der Waals surface area contributed by atoms with Gasteiger partial charge in [-0.1, -0.05) is 29.8 Å². The van der Waals surface area contributed by atoms with Crippen LogP contribution < -0.4 is 5.32 Å². The molecule has 0 radical (unpaired) electrons. The van der Waals surface area contributed by atoms with Crippen molar-refractivity contribution in [2.45, 2.75) is 19.4 Å². The zero-order chi connectivity index (χ0) is 19.1. The van der Waals surface area contributed by atoms with Crippen molar-refractivity contribution < 1.29 is 9.18 Å². The molecule has 1 fully saturated rings. The summed E-state index contributed by atoms with van der Waals surface area (Å²) in [7, 11) is 0. The molecule has 0 bridgehead atoms. The predicted molar refractivity (Wildman–Crippen MR) is 107 cm³/mol. The van der Waals surface area contributed by atoms with Gasteiger partial charge < -0.3 is 10.2 Å². The van der Waals surface area contributed by atoms with Crippen molar-refractivity contribution in [1.82, 2.24) is 9.80 Å². The van der Waals surface area contributed by atoms with Crippen LogP contribution in [0.4, 0.5) is 10.1 Å². The highest BCUT2D eigenvalue weighted by molar-refractivity contribution is 6.30. The second-order valence-electron chi connectivity index (χ2n) is 6.87. The summed E-state index contributed by atoms with van der Waals surface area (Å²) in [5.41, 5.74) is 1.50. The Kier molecular flexibility index (Phi) is 7.21. The van der Waals surface area contributed by atoms with E-state index in [4.69, 9.17) is 11.6 Å². The van der Waals surface area contributed by atoms with Gasteiger partial charge in [0.1, 0.15) is 5.82 Å². The maximum atomic E-state index is 13.8. The van der Waals surface area contributed by atoms with Gasteiger partial charge in [-0.3, -0.25) is 9.69 Å². The Labute approximate surface area is 164 Å². The third kappa shape index (κ3) is 6.31. The molecular weight excluding hydrogens is 365 g/mol. The second-order valence-corrected chi connectivity index (χ2v) is 7.30. The highest BCUT2D eigenvalue weighted by Crippen LogP contribution is 2.14. The Balaban J connectivity index is 1.42. The number of halogens is 2. The van der Waals surface area contributed by atoms with Crippen LogP contribution in [0, 0.1) is 5.82 Å². The fourth-order valence-corrected chi connectivity index (χ4v) is 3.42. The minimum atomic E-state index is -0.141. The van der Waals surface area contributed by atoms with Gasteiger partial charge in [-0.25, -0.2) is 4.39 Å². The van der Waals surface area contributed by atoms with E-state index in [-0.39, 0.29) is 11.7 Å². The van der Waals surface area contributed by atoms with Crippen LogP contribution in [0.5, 0.6) is 0 Å². The molecule has 1 saturated heterocycles. The monoisotopic (exact) mass is 389 g/mol. The highest BCUT2D eigenvalue weighted by Gasteiger charge is 2.16. The van der Waals surface area contributed by atoms with Crippen molar-refractivity contribution in [2.75, 3.05) is 38.0 Å². The molecule has 2 aromatic rings. The van der Waals surface area contributed by atoms with E-state index in [1.165, 1.54) is 6.07 Å². The molecule has 1 amide bonds. The average Bonchev–Trinajstić information content (AvgIpc) is 2.89. The molecular formula is C21H25ClFN3O. The number of nitrogens with zero attached hydrogens (tertiary/aromatic N) is 2. The van der Waals surface area contributed by atoms with Crippen molar-refractivity contribution in [3.8, 4) is 0 Å². The molecule has 6 heteroatoms. The van der Waals surface area contributed by atoms with E-state index in [9.17, 15) is 9.18 Å². The third-order valence-electron chi connectivity index (χ3n) is 4.82. The molecule has 0 aromatic heterocycles. The van der Waals surface area contributed by atoms with Crippen LogP contribution in [0.15, 0.2) is 48.5 Å². The summed E-state index contributed by atoms with van der Waals surface area (Å²) in [5, 5.41) is 3.55. The zero-order valence-corrected chi connectivity index (χ0v) is 16.1. The number of amides is 1. The lowest BCUT2D eigenvalue weighted by atomic mass is 10.2. The lowest BCUT2D eigenvalue weighted by Gasteiger charge is -2.22. The van der Waals surface area contributed by atoms with Crippen LogP contribution in [-0.2, 0) is 11.3 Å². The van der Waals surface area contributed by atoms with Crippen LogP contribution in [0.3, 0.4) is 0 Å². The van der Waals surface area contributed by atoms with Gasteiger partial charge in [0.2, 0.25) is 5.91 Å². The minimum Gasteiger partial charge on any atom is -0.326 e. The van der Waals surface area contributed by atoms with Gasteiger partial charge in [-0.2, -0.15) is 0 Å². The number of hydrogen-bond donors (Lipinski definition) is 1. The summed E-state index contributed by atoms with van der Waals surface area (Å²) in [6.07, 6.45) is 1.48. The highest BCUT2D eigenvalue weighted by atomic mass is 35.5. The van der Waals surface area contributed by atoms with Gasteiger partial charge in [0.25, 0.3) is 0 Å². The molecule has 1 N–H and O–H groups in total. The molecule has 0 aliphatic carbocycles. The van der Waals surface area contributed by atoms with Crippen molar-refractivity contribution in [3.63, 3.8) is 0 Å². The van der Waals surface area contributed by atoms with Crippen molar-refractivity contribution in [1.29, 1.82) is 0 Å². The number of carbonyl (C=O) groups excluding carboxylic acids is 1. The summed E-state index contributed by atoms with van der Waals surface area (Å²) in [6.45, 7) is 5.05. The first-order valence-corrected chi connectivity index (χ1v) is 9.71. The molecule has 3 rings (SSSR count). The lowest BCUT2D eigenvalue weighted by Crippen LogP contribution is -2.32. The Bertz CT molecular complexity index is 753. The Morgan fingerprint density at radius 1 is 1.00 bits per heavy atom. The summed E-state index contributed by atoms with van der Waals surface area (Å²) < 4.78 is 13.8. The van der Waals surface area contributed by atoms with E-state index < -0.39 is 0 Å². The first kappa shape index (κ1) is 19.8. The SMILES string of the molecule is O=C(CCN1CCCN(Cc2ccccc2F)CC1)Nc1ccc(Cl)cc1. The normalized spacial score (nSPS) is 16.1. The fourth-order valence-electron chi connectivity index (χ4n) is 3.29. The Morgan fingerprint density at radius 2 is 1.70 bits per heavy atom. The van der Waals surface area contributed by atoms with Gasteiger partial charge >= 0.3 is 0 Å². The van der Waals surface area contributed by atoms with E-state index in [2.05, 4.69) is 15.1 Å². The van der Waals surface area contributed by atoms with Crippen molar-refractivity contribution in [3.05, 3.63) is 64.9 Å². The maximum absolute atomic E-state index is 13.8. The number of nitrogens with one attached hydrogen (secondary N) is 1. The number of benzene rings is 2. The van der Waals surface area contributed by atoms with Gasteiger partial charge in [0.05, 0.1) is 0 Å². The fraction of sp³-hybridized carbons (Fsp3) is 0.381. The van der Waals surface area contributed by atoms with E-state index in [1.807, 2.05) is 12.1 Å². The molecule has 0 spiro atoms. The molecule has 144 valence electrons. The quantitative estimate of drug-likeness (QED) is 0.810. The first-order chi connectivity index (χ1) is 13.1. The number of anilines is 1. The summed E-state index contributed by atoms with van der Waals surface area (Å²) in [6, 6.07) is 14.1. The molecule has 1 heterocycles. The van der Waals surface area contributed by atoms with Gasteiger partial charge in [-0.05, 0) is 49.8 Å². The van der Waals surface area contributed by atoms with Crippen LogP contribution in [0.25, 0.3) is 0 Å².